The fraction of sp³-hybridized carbons (Fsp3) is 0.444. The molecule has 0 fully saturated rings. The topological polar surface area (TPSA) is 29.1 Å². The minimum absolute atomic E-state index is 0.325. The van der Waals surface area contributed by atoms with Crippen molar-refractivity contribution < 1.29 is 4.79 Å². The van der Waals surface area contributed by atoms with E-state index in [0.29, 0.717) is 6.54 Å². The molecule has 1 N–H and O–H groups in total. The first-order valence-corrected chi connectivity index (χ1v) is 3.66. The van der Waals surface area contributed by atoms with Gasteiger partial charge in [0.15, 0.2) is 0 Å². The highest BCUT2D eigenvalue weighted by molar-refractivity contribution is 5.65. The first-order valence-electron chi connectivity index (χ1n) is 3.66. The highest BCUT2D eigenvalue weighted by Gasteiger charge is 2.27. The van der Waals surface area contributed by atoms with Crippen LogP contribution in [0.15, 0.2) is 23.9 Å². The molecule has 2 nitrogen and oxygen atoms in total. The van der Waals surface area contributed by atoms with E-state index in [9.17, 15) is 4.79 Å². The molecule has 60 valence electrons. The van der Waals surface area contributed by atoms with E-state index in [0.717, 1.165) is 17.6 Å². The first-order chi connectivity index (χ1) is 5.07. The molecular weight excluding hydrogens is 138 g/mol. The SMILES string of the molecule is C=C(C)C1=CC(C)(C=O)CN1. The highest BCUT2D eigenvalue weighted by atomic mass is 16.1. The summed E-state index contributed by atoms with van der Waals surface area (Å²) in [5, 5.41) is 3.13. The Balaban J connectivity index is 2.83. The van der Waals surface area contributed by atoms with Gasteiger partial charge >= 0.3 is 0 Å². The molecule has 0 aromatic rings. The molecule has 1 heterocycles. The van der Waals surface area contributed by atoms with Crippen LogP contribution in [0.4, 0.5) is 0 Å². The Hall–Kier alpha value is -1.05. The van der Waals surface area contributed by atoms with Crippen molar-refractivity contribution in [1.82, 2.24) is 5.32 Å². The fourth-order valence-corrected chi connectivity index (χ4v) is 1.07. The van der Waals surface area contributed by atoms with Gasteiger partial charge in [0.25, 0.3) is 0 Å². The normalized spacial score (nSPS) is 29.1. The summed E-state index contributed by atoms with van der Waals surface area (Å²) in [5.74, 6) is 0. The van der Waals surface area contributed by atoms with E-state index in [2.05, 4.69) is 11.9 Å². The van der Waals surface area contributed by atoms with Crippen LogP contribution in [-0.2, 0) is 4.79 Å². The van der Waals surface area contributed by atoms with Crippen LogP contribution in [0.2, 0.25) is 0 Å². The van der Waals surface area contributed by atoms with E-state index in [1.807, 2.05) is 19.9 Å². The van der Waals surface area contributed by atoms with Crippen molar-refractivity contribution in [1.29, 1.82) is 0 Å². The summed E-state index contributed by atoms with van der Waals surface area (Å²) in [4.78, 5) is 10.6. The molecule has 2 heteroatoms. The molecule has 0 bridgehead atoms. The van der Waals surface area contributed by atoms with Crippen LogP contribution in [0.5, 0.6) is 0 Å². The van der Waals surface area contributed by atoms with Crippen LogP contribution in [0, 0.1) is 5.41 Å². The Labute approximate surface area is 67.0 Å². The Morgan fingerprint density at radius 2 is 2.55 bits per heavy atom. The molecule has 0 radical (unpaired) electrons. The van der Waals surface area contributed by atoms with Gasteiger partial charge in [-0.05, 0) is 25.5 Å². The van der Waals surface area contributed by atoms with Gasteiger partial charge < -0.3 is 10.1 Å². The van der Waals surface area contributed by atoms with Gasteiger partial charge in [-0.15, -0.1) is 0 Å². The van der Waals surface area contributed by atoms with Crippen molar-refractivity contribution in [2.24, 2.45) is 5.41 Å². The second-order valence-corrected chi connectivity index (χ2v) is 3.32. The second-order valence-electron chi connectivity index (χ2n) is 3.32. The molecule has 1 rings (SSSR count). The Morgan fingerprint density at radius 1 is 1.91 bits per heavy atom. The molecule has 1 aliphatic rings. The average molecular weight is 151 g/mol. The fourth-order valence-electron chi connectivity index (χ4n) is 1.07. The molecule has 1 atom stereocenters. The molecule has 1 unspecified atom stereocenters. The molecule has 0 amide bonds. The number of rotatable bonds is 2. The zero-order valence-corrected chi connectivity index (χ0v) is 6.98. The van der Waals surface area contributed by atoms with Gasteiger partial charge in [0.1, 0.15) is 6.29 Å². The summed E-state index contributed by atoms with van der Waals surface area (Å²) in [6.07, 6.45) is 2.90. The van der Waals surface area contributed by atoms with E-state index in [1.54, 1.807) is 0 Å². The lowest BCUT2D eigenvalue weighted by Crippen LogP contribution is -2.22. The Kier molecular flexibility index (Phi) is 1.85. The summed E-state index contributed by atoms with van der Waals surface area (Å²) >= 11 is 0. The summed E-state index contributed by atoms with van der Waals surface area (Å²) in [7, 11) is 0. The maximum atomic E-state index is 10.6. The van der Waals surface area contributed by atoms with Crippen molar-refractivity contribution in [3.8, 4) is 0 Å². The van der Waals surface area contributed by atoms with Crippen LogP contribution in [0.25, 0.3) is 0 Å². The summed E-state index contributed by atoms with van der Waals surface area (Å²) < 4.78 is 0. The van der Waals surface area contributed by atoms with Crippen LogP contribution < -0.4 is 5.32 Å². The number of carbonyl (C=O) groups excluding carboxylic acids is 1. The van der Waals surface area contributed by atoms with E-state index in [4.69, 9.17) is 0 Å². The van der Waals surface area contributed by atoms with Crippen LogP contribution in [0.1, 0.15) is 13.8 Å². The van der Waals surface area contributed by atoms with E-state index < -0.39 is 0 Å². The molecule has 0 aromatic carbocycles. The zero-order valence-electron chi connectivity index (χ0n) is 6.98. The maximum absolute atomic E-state index is 10.6. The predicted octanol–water partition coefficient (Wildman–Crippen LogP) is 1.25. The lowest BCUT2D eigenvalue weighted by atomic mass is 9.94. The smallest absolute Gasteiger partial charge is 0.131 e. The number of carbonyl (C=O) groups is 1. The molecule has 0 aliphatic carbocycles. The highest BCUT2D eigenvalue weighted by Crippen LogP contribution is 2.24. The van der Waals surface area contributed by atoms with Gasteiger partial charge in [0, 0.05) is 12.2 Å². The molecule has 1 aliphatic heterocycles. The van der Waals surface area contributed by atoms with Crippen molar-refractivity contribution in [3.05, 3.63) is 23.9 Å². The van der Waals surface area contributed by atoms with Crippen molar-refractivity contribution >= 4 is 6.29 Å². The lowest BCUT2D eigenvalue weighted by molar-refractivity contribution is -0.113. The van der Waals surface area contributed by atoms with Crippen molar-refractivity contribution in [3.63, 3.8) is 0 Å². The Bertz CT molecular complexity index is 230. The molecule has 0 spiro atoms. The number of hydrogen-bond donors (Lipinski definition) is 1. The monoisotopic (exact) mass is 151 g/mol. The predicted molar refractivity (Wildman–Crippen MR) is 45.1 cm³/mol. The summed E-state index contributed by atoms with van der Waals surface area (Å²) in [6, 6.07) is 0. The largest absolute Gasteiger partial charge is 0.384 e. The summed E-state index contributed by atoms with van der Waals surface area (Å²) in [5.41, 5.74) is 1.66. The van der Waals surface area contributed by atoms with Gasteiger partial charge in [0.2, 0.25) is 0 Å². The molecular formula is C9H13NO. The third-order valence-corrected chi connectivity index (χ3v) is 1.86. The van der Waals surface area contributed by atoms with Gasteiger partial charge in [0.05, 0.1) is 5.41 Å². The van der Waals surface area contributed by atoms with Crippen LogP contribution in [0.3, 0.4) is 0 Å². The van der Waals surface area contributed by atoms with E-state index in [1.165, 1.54) is 0 Å². The molecule has 0 aromatic heterocycles. The molecule has 0 saturated heterocycles. The third kappa shape index (κ3) is 1.50. The van der Waals surface area contributed by atoms with Crippen molar-refractivity contribution in [2.45, 2.75) is 13.8 Å². The van der Waals surface area contributed by atoms with Gasteiger partial charge in [-0.3, -0.25) is 0 Å². The minimum Gasteiger partial charge on any atom is -0.384 e. The number of nitrogens with one attached hydrogen (secondary N) is 1. The lowest BCUT2D eigenvalue weighted by Gasteiger charge is -2.09. The van der Waals surface area contributed by atoms with Gasteiger partial charge in [-0.1, -0.05) is 6.58 Å². The van der Waals surface area contributed by atoms with Crippen molar-refractivity contribution in [2.75, 3.05) is 6.54 Å². The first kappa shape index (κ1) is 8.05. The van der Waals surface area contributed by atoms with Gasteiger partial charge in [-0.25, -0.2) is 0 Å². The van der Waals surface area contributed by atoms with Crippen LogP contribution >= 0.6 is 0 Å². The molecule has 0 saturated carbocycles. The average Bonchev–Trinajstić information content (AvgIpc) is 2.33. The number of aldehydes is 1. The van der Waals surface area contributed by atoms with E-state index >= 15 is 0 Å². The summed E-state index contributed by atoms with van der Waals surface area (Å²) in [6.45, 7) is 8.32. The van der Waals surface area contributed by atoms with E-state index in [-0.39, 0.29) is 5.41 Å². The van der Waals surface area contributed by atoms with Gasteiger partial charge in [-0.2, -0.15) is 0 Å². The zero-order chi connectivity index (χ0) is 8.48. The Morgan fingerprint density at radius 3 is 2.82 bits per heavy atom. The second kappa shape index (κ2) is 2.53. The number of allylic oxidation sites excluding steroid dienone is 1. The van der Waals surface area contributed by atoms with Crippen LogP contribution in [-0.4, -0.2) is 12.8 Å². The maximum Gasteiger partial charge on any atom is 0.131 e. The number of hydrogen-bond acceptors (Lipinski definition) is 2. The quantitative estimate of drug-likeness (QED) is 0.602. The standard InChI is InChI=1S/C9H13NO/c1-7(2)8-4-9(3,6-11)5-10-8/h4,6,10H,1,5H2,2-3H3. The third-order valence-electron chi connectivity index (χ3n) is 1.86. The minimum atomic E-state index is -0.325. The molecule has 11 heavy (non-hydrogen) atoms.